The van der Waals surface area contributed by atoms with E-state index in [4.69, 9.17) is 9.47 Å². The molecule has 0 N–H and O–H groups in total. The minimum atomic E-state index is -4.87. The third-order valence-corrected chi connectivity index (χ3v) is 6.74. The van der Waals surface area contributed by atoms with Gasteiger partial charge in [-0.3, -0.25) is 4.79 Å². The van der Waals surface area contributed by atoms with Gasteiger partial charge in [-0.2, -0.15) is 13.2 Å². The Bertz CT molecular complexity index is 870. The molecular formula is C23H26F3NO3. The predicted octanol–water partition coefficient (Wildman–Crippen LogP) is 4.92. The molecule has 3 aliphatic rings. The van der Waals surface area contributed by atoms with Crippen molar-refractivity contribution < 1.29 is 27.4 Å². The fraction of sp³-hybridized carbons (Fsp3) is 0.522. The second-order valence-electron chi connectivity index (χ2n) is 8.42. The number of rotatable bonds is 3. The summed E-state index contributed by atoms with van der Waals surface area (Å²) >= 11 is 0. The van der Waals surface area contributed by atoms with Crippen LogP contribution in [0.2, 0.25) is 0 Å². The van der Waals surface area contributed by atoms with E-state index in [0.717, 1.165) is 16.9 Å². The number of allylic oxidation sites excluding steroid dienone is 4. The van der Waals surface area contributed by atoms with Gasteiger partial charge >= 0.3 is 12.1 Å². The molecule has 7 heteroatoms. The Morgan fingerprint density at radius 2 is 1.77 bits per heavy atom. The lowest BCUT2D eigenvalue weighted by atomic mass is 9.58. The van der Waals surface area contributed by atoms with E-state index in [9.17, 15) is 18.0 Å². The van der Waals surface area contributed by atoms with Gasteiger partial charge in [-0.1, -0.05) is 25.2 Å². The van der Waals surface area contributed by atoms with Crippen molar-refractivity contribution in [1.29, 1.82) is 0 Å². The molecule has 0 spiro atoms. The number of alkyl halides is 3. The van der Waals surface area contributed by atoms with E-state index in [-0.39, 0.29) is 36.1 Å². The van der Waals surface area contributed by atoms with Crippen LogP contribution in [0.3, 0.4) is 0 Å². The molecule has 162 valence electrons. The first-order valence-corrected chi connectivity index (χ1v) is 10.2. The van der Waals surface area contributed by atoms with Crippen molar-refractivity contribution in [3.63, 3.8) is 0 Å². The second kappa shape index (κ2) is 7.67. The van der Waals surface area contributed by atoms with E-state index in [0.29, 0.717) is 23.6 Å². The first kappa shape index (κ1) is 20.8. The van der Waals surface area contributed by atoms with E-state index in [2.05, 4.69) is 12.2 Å². The van der Waals surface area contributed by atoms with Crippen LogP contribution in [-0.4, -0.2) is 37.7 Å². The molecule has 0 radical (unpaired) electrons. The first-order chi connectivity index (χ1) is 14.2. The summed E-state index contributed by atoms with van der Waals surface area (Å²) in [6.07, 6.45) is 2.84. The third kappa shape index (κ3) is 3.48. The summed E-state index contributed by atoms with van der Waals surface area (Å²) in [6, 6.07) is 5.73. The summed E-state index contributed by atoms with van der Waals surface area (Å²) in [6.45, 7) is 2.02. The zero-order valence-corrected chi connectivity index (χ0v) is 17.3. The highest BCUT2D eigenvalue weighted by Crippen LogP contribution is 2.54. The van der Waals surface area contributed by atoms with Crippen LogP contribution in [-0.2, 0) is 4.79 Å². The fourth-order valence-electron chi connectivity index (χ4n) is 5.49. The van der Waals surface area contributed by atoms with Crippen molar-refractivity contribution in [3.8, 4) is 11.5 Å². The number of amides is 1. The van der Waals surface area contributed by atoms with Gasteiger partial charge in [0.25, 0.3) is 0 Å². The Morgan fingerprint density at radius 1 is 1.10 bits per heavy atom. The molecule has 1 saturated heterocycles. The van der Waals surface area contributed by atoms with Crippen LogP contribution in [0.15, 0.2) is 42.1 Å². The van der Waals surface area contributed by atoms with E-state index in [1.165, 1.54) is 0 Å². The summed E-state index contributed by atoms with van der Waals surface area (Å²) < 4.78 is 50.6. The average Bonchev–Trinajstić information content (AvgIpc) is 2.74. The number of methoxy groups -OCH3 is 2. The normalized spacial score (nSPS) is 30.4. The smallest absolute Gasteiger partial charge is 0.471 e. The van der Waals surface area contributed by atoms with Crippen LogP contribution in [0.5, 0.6) is 11.5 Å². The van der Waals surface area contributed by atoms with Crippen molar-refractivity contribution in [1.82, 2.24) is 4.90 Å². The second-order valence-corrected chi connectivity index (χ2v) is 8.42. The van der Waals surface area contributed by atoms with Crippen LogP contribution in [0.25, 0.3) is 0 Å². The lowest BCUT2D eigenvalue weighted by molar-refractivity contribution is -0.186. The van der Waals surface area contributed by atoms with Crippen molar-refractivity contribution in [2.45, 2.75) is 31.9 Å². The van der Waals surface area contributed by atoms with Crippen LogP contribution in [0.4, 0.5) is 13.2 Å². The Kier molecular flexibility index (Phi) is 5.32. The zero-order valence-electron chi connectivity index (χ0n) is 17.3. The SMILES string of the molecule is COc1cc(OC)cc([C@H]2C=C[C@H]3CCC=C4[C@@H]3[C@H]2[C@@H](C)CN4C(=O)C(F)(F)F)c1. The largest absolute Gasteiger partial charge is 0.497 e. The molecule has 0 bridgehead atoms. The van der Waals surface area contributed by atoms with Crippen molar-refractivity contribution in [3.05, 3.63) is 47.7 Å². The van der Waals surface area contributed by atoms with Crippen molar-refractivity contribution >= 4 is 5.91 Å². The molecule has 1 aromatic carbocycles. The summed E-state index contributed by atoms with van der Waals surface area (Å²) in [4.78, 5) is 13.2. The lowest BCUT2D eigenvalue weighted by Crippen LogP contribution is -2.54. The number of ether oxygens (including phenoxy) is 2. The monoisotopic (exact) mass is 421 g/mol. The standard InChI is InChI=1S/C23H26F3NO3/c1-13-12-27(22(28)23(24,25)26)19-6-4-5-14-7-8-18(20(13)21(14)19)15-9-16(29-2)11-17(10-15)30-3/h6-11,13-14,18,20-21H,4-5,12H2,1-3H3/t13-,14+,18+,20-,21+/m0/s1. The number of nitrogens with zero attached hydrogens (tertiary/aromatic N) is 1. The lowest BCUT2D eigenvalue weighted by Gasteiger charge is -2.52. The molecule has 30 heavy (non-hydrogen) atoms. The molecule has 4 rings (SSSR count). The maximum Gasteiger partial charge on any atom is 0.471 e. The van der Waals surface area contributed by atoms with E-state index in [1.54, 1.807) is 20.3 Å². The Labute approximate surface area is 174 Å². The van der Waals surface area contributed by atoms with Gasteiger partial charge in [0.15, 0.2) is 0 Å². The zero-order chi connectivity index (χ0) is 21.6. The molecule has 5 atom stereocenters. The molecule has 4 nitrogen and oxygen atoms in total. The van der Waals surface area contributed by atoms with Gasteiger partial charge in [-0.15, -0.1) is 0 Å². The minimum Gasteiger partial charge on any atom is -0.497 e. The third-order valence-electron chi connectivity index (χ3n) is 6.74. The highest BCUT2D eigenvalue weighted by atomic mass is 19.4. The van der Waals surface area contributed by atoms with Crippen molar-refractivity contribution in [2.75, 3.05) is 20.8 Å². The Morgan fingerprint density at radius 3 is 2.37 bits per heavy atom. The summed E-state index contributed by atoms with van der Waals surface area (Å²) in [7, 11) is 3.19. The number of hydrogen-bond acceptors (Lipinski definition) is 3. The maximum absolute atomic E-state index is 13.3. The maximum atomic E-state index is 13.3. The number of likely N-dealkylation sites (tertiary alicyclic amines) is 1. The number of carbonyl (C=O) groups excluding carboxylic acids is 1. The molecule has 1 aromatic rings. The molecular weight excluding hydrogens is 395 g/mol. The van der Waals surface area contributed by atoms with Crippen LogP contribution in [0, 0.1) is 23.7 Å². The van der Waals surface area contributed by atoms with E-state index in [1.807, 2.05) is 25.1 Å². The quantitative estimate of drug-likeness (QED) is 0.650. The van der Waals surface area contributed by atoms with Gasteiger partial charge in [-0.25, -0.2) is 0 Å². The van der Waals surface area contributed by atoms with Gasteiger partial charge in [-0.05, 0) is 48.3 Å². The first-order valence-electron chi connectivity index (χ1n) is 10.2. The Hall–Kier alpha value is -2.44. The van der Waals surface area contributed by atoms with Crippen molar-refractivity contribution in [2.24, 2.45) is 23.7 Å². The Balaban J connectivity index is 1.75. The number of benzene rings is 1. The van der Waals surface area contributed by atoms with E-state index < -0.39 is 12.1 Å². The molecule has 0 saturated carbocycles. The number of hydrogen-bond donors (Lipinski definition) is 0. The molecule has 1 aliphatic heterocycles. The predicted molar refractivity (Wildman–Crippen MR) is 106 cm³/mol. The molecule has 0 aromatic heterocycles. The summed E-state index contributed by atoms with van der Waals surface area (Å²) in [5.41, 5.74) is 1.55. The number of carbonyl (C=O) groups is 1. The molecule has 1 fully saturated rings. The topological polar surface area (TPSA) is 38.8 Å². The van der Waals surface area contributed by atoms with Crippen LogP contribution < -0.4 is 9.47 Å². The molecule has 2 aliphatic carbocycles. The number of halogens is 3. The summed E-state index contributed by atoms with van der Waals surface area (Å²) in [5.74, 6) is -0.352. The van der Waals surface area contributed by atoms with Gasteiger partial charge in [0, 0.05) is 30.1 Å². The summed E-state index contributed by atoms with van der Waals surface area (Å²) in [5, 5.41) is 0. The van der Waals surface area contributed by atoms with Gasteiger partial charge in [0.05, 0.1) is 14.2 Å². The average molecular weight is 421 g/mol. The highest BCUT2D eigenvalue weighted by Gasteiger charge is 2.53. The van der Waals surface area contributed by atoms with Gasteiger partial charge in [0.1, 0.15) is 11.5 Å². The van der Waals surface area contributed by atoms with Gasteiger partial charge in [0.2, 0.25) is 0 Å². The fourth-order valence-corrected chi connectivity index (χ4v) is 5.49. The van der Waals surface area contributed by atoms with Crippen LogP contribution >= 0.6 is 0 Å². The number of piperidine rings is 1. The highest BCUT2D eigenvalue weighted by molar-refractivity contribution is 5.84. The minimum absolute atomic E-state index is 0.00916. The van der Waals surface area contributed by atoms with E-state index >= 15 is 0 Å². The van der Waals surface area contributed by atoms with Gasteiger partial charge < -0.3 is 14.4 Å². The molecule has 1 heterocycles. The molecule has 1 amide bonds. The van der Waals surface area contributed by atoms with Crippen LogP contribution in [0.1, 0.15) is 31.2 Å². The molecule has 0 unspecified atom stereocenters.